The molecule has 2 heteroatoms. The van der Waals surface area contributed by atoms with E-state index < -0.39 is 0 Å². The van der Waals surface area contributed by atoms with Crippen molar-refractivity contribution in [3.05, 3.63) is 35.4 Å². The first-order chi connectivity index (χ1) is 8.88. The summed E-state index contributed by atoms with van der Waals surface area (Å²) in [6.45, 7) is 0.602. The lowest BCUT2D eigenvalue weighted by molar-refractivity contribution is 0.0169. The average Bonchev–Trinajstić information content (AvgIpc) is 2.45. The van der Waals surface area contributed by atoms with Gasteiger partial charge in [0.2, 0.25) is 0 Å². The Hall–Kier alpha value is -1.30. The van der Waals surface area contributed by atoms with Crippen LogP contribution < -0.4 is 0 Å². The van der Waals surface area contributed by atoms with Crippen molar-refractivity contribution >= 4 is 0 Å². The van der Waals surface area contributed by atoms with Crippen LogP contribution in [-0.4, -0.2) is 17.8 Å². The van der Waals surface area contributed by atoms with Crippen molar-refractivity contribution in [1.29, 1.82) is 0 Å². The van der Waals surface area contributed by atoms with Crippen LogP contribution in [0.5, 0.6) is 0 Å². The molecule has 0 atom stereocenters. The Morgan fingerprint density at radius 3 is 2.50 bits per heavy atom. The van der Waals surface area contributed by atoms with Gasteiger partial charge >= 0.3 is 0 Å². The van der Waals surface area contributed by atoms with Gasteiger partial charge in [-0.05, 0) is 30.5 Å². The van der Waals surface area contributed by atoms with Gasteiger partial charge in [0.25, 0.3) is 0 Å². The Morgan fingerprint density at radius 2 is 1.83 bits per heavy atom. The number of hydrogen-bond donors (Lipinski definition) is 1. The average molecular weight is 244 g/mol. The lowest BCUT2D eigenvalue weighted by Gasteiger charge is -2.21. The third kappa shape index (κ3) is 4.18. The molecule has 1 fully saturated rings. The van der Waals surface area contributed by atoms with Crippen LogP contribution >= 0.6 is 0 Å². The lowest BCUT2D eigenvalue weighted by Crippen LogP contribution is -2.16. The maximum absolute atomic E-state index is 8.62. The van der Waals surface area contributed by atoms with E-state index in [4.69, 9.17) is 9.84 Å². The van der Waals surface area contributed by atoms with E-state index in [1.807, 2.05) is 24.3 Å². The number of aliphatic hydroxyl groups excluding tert-OH is 1. The third-order valence-corrected chi connectivity index (χ3v) is 3.30. The molecule has 1 aliphatic rings. The topological polar surface area (TPSA) is 29.5 Å². The minimum atomic E-state index is -0.0907. The monoisotopic (exact) mass is 244 g/mol. The van der Waals surface area contributed by atoms with Gasteiger partial charge in [0.15, 0.2) is 0 Å². The molecule has 0 radical (unpaired) electrons. The summed E-state index contributed by atoms with van der Waals surface area (Å²) in [5.74, 6) is 5.53. The summed E-state index contributed by atoms with van der Waals surface area (Å²) in [6, 6.07) is 8.04. The van der Waals surface area contributed by atoms with E-state index in [1.165, 1.54) is 37.7 Å². The number of benzene rings is 1. The number of aliphatic hydroxyl groups is 1. The maximum atomic E-state index is 8.62. The SMILES string of the molecule is OCC#Cc1ccc(COC2CCCCC2)cc1. The van der Waals surface area contributed by atoms with E-state index in [0.717, 1.165) is 5.56 Å². The molecular formula is C16H20O2. The second-order valence-electron chi connectivity index (χ2n) is 4.73. The minimum Gasteiger partial charge on any atom is -0.384 e. The van der Waals surface area contributed by atoms with Crippen molar-refractivity contribution in [1.82, 2.24) is 0 Å². The Kier molecular flexibility index (Phi) is 5.26. The summed E-state index contributed by atoms with van der Waals surface area (Å²) in [5, 5.41) is 8.62. The summed E-state index contributed by atoms with van der Waals surface area (Å²) < 4.78 is 5.91. The standard InChI is InChI=1S/C16H20O2/c17-12-4-5-14-8-10-15(11-9-14)13-18-16-6-2-1-3-7-16/h8-11,16-17H,1-3,6-7,12-13H2. The number of rotatable bonds is 3. The molecule has 96 valence electrons. The molecule has 0 aliphatic heterocycles. The first-order valence-electron chi connectivity index (χ1n) is 6.69. The Labute approximate surface area is 109 Å². The first-order valence-corrected chi connectivity index (χ1v) is 6.69. The highest BCUT2D eigenvalue weighted by Crippen LogP contribution is 2.21. The van der Waals surface area contributed by atoms with Crippen LogP contribution in [0.1, 0.15) is 43.2 Å². The van der Waals surface area contributed by atoms with Crippen LogP contribution in [0.4, 0.5) is 0 Å². The predicted octanol–water partition coefficient (Wildman–Crippen LogP) is 2.88. The fourth-order valence-corrected chi connectivity index (χ4v) is 2.27. The van der Waals surface area contributed by atoms with E-state index >= 15 is 0 Å². The summed E-state index contributed by atoms with van der Waals surface area (Å²) >= 11 is 0. The van der Waals surface area contributed by atoms with E-state index in [0.29, 0.717) is 12.7 Å². The second-order valence-corrected chi connectivity index (χ2v) is 4.73. The van der Waals surface area contributed by atoms with E-state index in [2.05, 4.69) is 11.8 Å². The predicted molar refractivity (Wildman–Crippen MR) is 72.1 cm³/mol. The molecule has 0 aromatic heterocycles. The van der Waals surface area contributed by atoms with Gasteiger partial charge in [-0.15, -0.1) is 0 Å². The minimum absolute atomic E-state index is 0.0907. The van der Waals surface area contributed by atoms with Gasteiger partial charge in [-0.1, -0.05) is 43.2 Å². The Balaban J connectivity index is 1.82. The highest BCUT2D eigenvalue weighted by Gasteiger charge is 2.13. The molecule has 2 nitrogen and oxygen atoms in total. The van der Waals surface area contributed by atoms with Crippen molar-refractivity contribution in [2.45, 2.75) is 44.8 Å². The summed E-state index contributed by atoms with van der Waals surface area (Å²) in [4.78, 5) is 0. The molecule has 0 bridgehead atoms. The first kappa shape index (κ1) is 13.1. The van der Waals surface area contributed by atoms with E-state index in [1.54, 1.807) is 0 Å². The molecule has 1 aliphatic carbocycles. The quantitative estimate of drug-likeness (QED) is 0.828. The van der Waals surface area contributed by atoms with Crippen LogP contribution in [0.25, 0.3) is 0 Å². The van der Waals surface area contributed by atoms with Crippen molar-refractivity contribution in [3.63, 3.8) is 0 Å². The van der Waals surface area contributed by atoms with Crippen LogP contribution in [0.2, 0.25) is 0 Å². The largest absolute Gasteiger partial charge is 0.384 e. The highest BCUT2D eigenvalue weighted by atomic mass is 16.5. The summed E-state index contributed by atoms with van der Waals surface area (Å²) in [6.07, 6.45) is 6.84. The summed E-state index contributed by atoms with van der Waals surface area (Å²) in [5.41, 5.74) is 2.13. The zero-order chi connectivity index (χ0) is 12.6. The maximum Gasteiger partial charge on any atom is 0.104 e. The van der Waals surface area contributed by atoms with Crippen molar-refractivity contribution in [2.75, 3.05) is 6.61 Å². The second kappa shape index (κ2) is 7.20. The molecule has 1 aromatic carbocycles. The van der Waals surface area contributed by atoms with Crippen LogP contribution in [-0.2, 0) is 11.3 Å². The van der Waals surface area contributed by atoms with E-state index in [-0.39, 0.29) is 6.61 Å². The number of ether oxygens (including phenoxy) is 1. The molecule has 0 heterocycles. The van der Waals surface area contributed by atoms with Gasteiger partial charge < -0.3 is 9.84 Å². The van der Waals surface area contributed by atoms with E-state index in [9.17, 15) is 0 Å². The molecule has 2 rings (SSSR count). The fraction of sp³-hybridized carbons (Fsp3) is 0.500. The van der Waals surface area contributed by atoms with Gasteiger partial charge in [-0.25, -0.2) is 0 Å². The van der Waals surface area contributed by atoms with Crippen LogP contribution in [0, 0.1) is 11.8 Å². The Bertz CT molecular complexity index is 405. The van der Waals surface area contributed by atoms with Gasteiger partial charge in [0.05, 0.1) is 12.7 Å². The van der Waals surface area contributed by atoms with Crippen LogP contribution in [0.15, 0.2) is 24.3 Å². The molecule has 18 heavy (non-hydrogen) atoms. The van der Waals surface area contributed by atoms with Crippen molar-refractivity contribution < 1.29 is 9.84 Å². The molecule has 0 saturated heterocycles. The molecule has 1 N–H and O–H groups in total. The van der Waals surface area contributed by atoms with Gasteiger partial charge in [-0.2, -0.15) is 0 Å². The number of hydrogen-bond acceptors (Lipinski definition) is 2. The van der Waals surface area contributed by atoms with Gasteiger partial charge in [-0.3, -0.25) is 0 Å². The molecular weight excluding hydrogens is 224 g/mol. The van der Waals surface area contributed by atoms with Crippen molar-refractivity contribution in [2.24, 2.45) is 0 Å². The van der Waals surface area contributed by atoms with Crippen LogP contribution in [0.3, 0.4) is 0 Å². The van der Waals surface area contributed by atoms with Gasteiger partial charge in [0, 0.05) is 5.56 Å². The third-order valence-electron chi connectivity index (χ3n) is 3.30. The zero-order valence-corrected chi connectivity index (χ0v) is 10.7. The lowest BCUT2D eigenvalue weighted by atomic mass is 9.98. The zero-order valence-electron chi connectivity index (χ0n) is 10.7. The molecule has 0 spiro atoms. The Morgan fingerprint density at radius 1 is 1.11 bits per heavy atom. The highest BCUT2D eigenvalue weighted by molar-refractivity contribution is 5.36. The smallest absolute Gasteiger partial charge is 0.104 e. The fourth-order valence-electron chi connectivity index (χ4n) is 2.27. The molecule has 0 amide bonds. The molecule has 0 unspecified atom stereocenters. The molecule has 1 aromatic rings. The normalized spacial score (nSPS) is 16.1. The summed E-state index contributed by atoms with van der Waals surface area (Å²) in [7, 11) is 0. The van der Waals surface area contributed by atoms with Gasteiger partial charge in [0.1, 0.15) is 6.61 Å². The van der Waals surface area contributed by atoms with Crippen molar-refractivity contribution in [3.8, 4) is 11.8 Å². The molecule has 1 saturated carbocycles.